The summed E-state index contributed by atoms with van der Waals surface area (Å²) in [5.41, 5.74) is 11.2. The van der Waals surface area contributed by atoms with Crippen LogP contribution in [0.1, 0.15) is 11.3 Å². The average molecular weight is 1870 g/mol. The van der Waals surface area contributed by atoms with Gasteiger partial charge in [-0.05, 0) is 43.0 Å². The molecular formula is C57H49F2Ir5N10-5. The van der Waals surface area contributed by atoms with Gasteiger partial charge in [0.2, 0.25) is 0 Å². The number of nitrogens with zero attached hydrogens (tertiary/aromatic N) is 10. The first-order valence-electron chi connectivity index (χ1n) is 21.8. The average Bonchev–Trinajstić information content (AvgIpc) is 4.26. The number of hydrogen-bond acceptors (Lipinski definition) is 5. The maximum Gasteiger partial charge on any atom is 0.0840 e. The number of hydrogen-bond donors (Lipinski definition) is 0. The third-order valence-electron chi connectivity index (χ3n) is 10.2. The van der Waals surface area contributed by atoms with E-state index in [4.69, 9.17) is 0 Å². The Balaban J connectivity index is 0.000000314. The molecule has 6 aromatic carbocycles. The van der Waals surface area contributed by atoms with E-state index in [-0.39, 0.29) is 106 Å². The van der Waals surface area contributed by atoms with Gasteiger partial charge in [-0.25, -0.2) is 0 Å². The van der Waals surface area contributed by atoms with Crippen molar-refractivity contribution in [1.82, 2.24) is 47.8 Å². The van der Waals surface area contributed by atoms with E-state index in [0.29, 0.717) is 5.69 Å². The molecule has 0 N–H and O–H groups in total. The summed E-state index contributed by atoms with van der Waals surface area (Å²) in [4.78, 5) is 21.1. The third-order valence-corrected chi connectivity index (χ3v) is 10.2. The van der Waals surface area contributed by atoms with Crippen LogP contribution in [0.25, 0.3) is 56.3 Å². The zero-order chi connectivity index (χ0) is 48.4. The monoisotopic (exact) mass is 1880 g/mol. The van der Waals surface area contributed by atoms with Crippen molar-refractivity contribution in [3.05, 3.63) is 249 Å². The van der Waals surface area contributed by atoms with Crippen LogP contribution in [0.4, 0.5) is 8.78 Å². The van der Waals surface area contributed by atoms with Gasteiger partial charge in [0.05, 0.1) is 31.6 Å². The van der Waals surface area contributed by atoms with Gasteiger partial charge in [-0.2, -0.15) is 0 Å². The van der Waals surface area contributed by atoms with Crippen LogP contribution in [0.2, 0.25) is 0 Å². The van der Waals surface area contributed by atoms with Crippen LogP contribution in [0.5, 0.6) is 0 Å². The van der Waals surface area contributed by atoms with Gasteiger partial charge in [-0.1, -0.05) is 42.0 Å². The molecule has 0 unspecified atom stereocenters. The Morgan fingerprint density at radius 1 is 0.446 bits per heavy atom. The van der Waals surface area contributed by atoms with Crippen LogP contribution in [-0.2, 0) is 135 Å². The number of aromatic nitrogens is 10. The van der Waals surface area contributed by atoms with Gasteiger partial charge in [0.1, 0.15) is 0 Å². The second kappa shape index (κ2) is 33.4. The van der Waals surface area contributed by atoms with Crippen LogP contribution in [0, 0.1) is 48.9 Å². The predicted octanol–water partition coefficient (Wildman–Crippen LogP) is 11.5. The van der Waals surface area contributed by atoms with E-state index >= 15 is 0 Å². The van der Waals surface area contributed by atoms with E-state index in [2.05, 4.69) is 97.2 Å². The second-order valence-corrected chi connectivity index (χ2v) is 15.6. The summed E-state index contributed by atoms with van der Waals surface area (Å²) in [5.74, 6) is -1.29. The van der Waals surface area contributed by atoms with Crippen LogP contribution in [0.15, 0.2) is 196 Å². The largest absolute Gasteiger partial charge is 0.350 e. The minimum atomic E-state index is -0.649. The van der Waals surface area contributed by atoms with Crippen molar-refractivity contribution in [3.63, 3.8) is 0 Å². The van der Waals surface area contributed by atoms with Crippen LogP contribution < -0.4 is 0 Å². The Kier molecular flexibility index (Phi) is 29.2. The van der Waals surface area contributed by atoms with Gasteiger partial charge in [-0.3, -0.25) is 33.7 Å². The van der Waals surface area contributed by atoms with Crippen molar-refractivity contribution in [2.45, 2.75) is 13.5 Å². The molecule has 0 spiro atoms. The Bertz CT molecular complexity index is 3160. The molecule has 17 heteroatoms. The first-order chi connectivity index (χ1) is 33.6. The molecule has 391 valence electrons. The van der Waals surface area contributed by atoms with Crippen molar-refractivity contribution in [1.29, 1.82) is 0 Å². The molecule has 0 fully saturated rings. The second-order valence-electron chi connectivity index (χ2n) is 15.6. The molecule has 0 atom stereocenters. The smallest absolute Gasteiger partial charge is 0.0840 e. The van der Waals surface area contributed by atoms with Crippen LogP contribution in [-0.4, -0.2) is 47.8 Å². The third kappa shape index (κ3) is 19.6. The number of rotatable bonds is 7. The Morgan fingerprint density at radius 3 is 1.26 bits per heavy atom. The van der Waals surface area contributed by atoms with Gasteiger partial charge in [-0.15, -0.1) is 156 Å². The van der Waals surface area contributed by atoms with Crippen molar-refractivity contribution in [3.8, 4) is 56.3 Å². The zero-order valence-corrected chi connectivity index (χ0v) is 52.6. The molecule has 10 nitrogen and oxygen atoms in total. The molecule has 0 bridgehead atoms. The van der Waals surface area contributed by atoms with Crippen LogP contribution >= 0.6 is 0 Å². The molecule has 11 aromatic rings. The van der Waals surface area contributed by atoms with Crippen molar-refractivity contribution >= 4 is 0 Å². The molecule has 74 heavy (non-hydrogen) atoms. The molecule has 0 aliphatic heterocycles. The molecule has 5 aromatic heterocycles. The van der Waals surface area contributed by atoms with Gasteiger partial charge in [0, 0.05) is 175 Å². The van der Waals surface area contributed by atoms with E-state index in [9.17, 15) is 8.78 Å². The quantitative estimate of drug-likeness (QED) is 0.148. The van der Waals surface area contributed by atoms with E-state index < -0.39 is 11.6 Å². The molecule has 11 rings (SSSR count). The number of imidazole rings is 5. The van der Waals surface area contributed by atoms with Gasteiger partial charge in [0.15, 0.2) is 0 Å². The summed E-state index contributed by atoms with van der Waals surface area (Å²) in [6.45, 7) is 2.91. The van der Waals surface area contributed by atoms with E-state index in [1.807, 2.05) is 163 Å². The summed E-state index contributed by atoms with van der Waals surface area (Å²) in [7, 11) is 7.69. The van der Waals surface area contributed by atoms with E-state index in [1.54, 1.807) is 36.8 Å². The molecule has 0 saturated carbocycles. The Morgan fingerprint density at radius 2 is 0.865 bits per heavy atom. The molecule has 0 amide bonds. The Labute approximate surface area is 499 Å². The van der Waals surface area contributed by atoms with E-state index in [1.165, 1.54) is 11.3 Å². The fourth-order valence-corrected chi connectivity index (χ4v) is 6.62. The molecular weight excluding hydrogens is 1820 g/mol. The molecule has 5 heterocycles. The SMILES string of the molecule is Cc1c(-c2[c-]cccc2)ncn1C.Cn1cnc(-c2[c-]cc(F)cc2F)c1.Cn1cnc(-c2[c-]cccc2)c1.Cn1cnc(-c2[c-]cccc2)c1.[Ir].[Ir].[Ir].[Ir].[Ir].[c-]1ccccc1-c1cn(Cc2ccccc2)cn1. The first-order valence-corrected chi connectivity index (χ1v) is 21.8. The molecule has 5 radical (unpaired) electrons. The minimum Gasteiger partial charge on any atom is -0.350 e. The number of halogens is 2. The number of aryl methyl sites for hydroxylation is 4. The van der Waals surface area contributed by atoms with Crippen LogP contribution in [0.3, 0.4) is 0 Å². The topological polar surface area (TPSA) is 89.1 Å². The molecule has 0 saturated heterocycles. The molecule has 0 aliphatic rings. The van der Waals surface area contributed by atoms with Gasteiger partial charge >= 0.3 is 0 Å². The summed E-state index contributed by atoms with van der Waals surface area (Å²) >= 11 is 0. The van der Waals surface area contributed by atoms with Crippen molar-refractivity contribution < 1.29 is 109 Å². The van der Waals surface area contributed by atoms with E-state index in [0.717, 1.165) is 63.7 Å². The summed E-state index contributed by atoms with van der Waals surface area (Å²) < 4.78 is 35.4. The summed E-state index contributed by atoms with van der Waals surface area (Å²) in [5, 5.41) is 0. The minimum absolute atomic E-state index is 0. The summed E-state index contributed by atoms with van der Waals surface area (Å²) in [6, 6.07) is 58.8. The van der Waals surface area contributed by atoms with Gasteiger partial charge < -0.3 is 22.8 Å². The van der Waals surface area contributed by atoms with Crippen molar-refractivity contribution in [2.75, 3.05) is 0 Å². The first kappa shape index (κ1) is 64.6. The standard InChI is InChI=1S/C16H13N2.C11H11N2.C10H7F2N2.2C10H9N2.5Ir/c1-3-7-14(8-4-1)11-18-12-16(17-13-18)15-9-5-2-6-10-15;1-9-11(12-8-13(9)2)10-6-4-3-5-7-10;1-14-5-10(13-6-14)8-3-2-7(11)4-9(8)12;2*1-12-7-10(11-8-12)9-5-3-2-4-6-9;;;;;/h1-9,12-13H,11H2;3-6,8H,1-2H3;2,4-6H,1H3;2*2-5,7-8H,1H3;;;;;/q5*-1;;;;;. The fraction of sp³-hybridized carbons (Fsp3) is 0.105. The number of benzene rings is 6. The van der Waals surface area contributed by atoms with Gasteiger partial charge in [0.25, 0.3) is 0 Å². The zero-order valence-electron chi connectivity index (χ0n) is 40.6. The molecule has 0 aliphatic carbocycles. The van der Waals surface area contributed by atoms with Crippen molar-refractivity contribution in [2.24, 2.45) is 28.2 Å². The maximum atomic E-state index is 13.2. The normalized spacial score (nSPS) is 9.61. The fourth-order valence-electron chi connectivity index (χ4n) is 6.62. The predicted molar refractivity (Wildman–Crippen MR) is 267 cm³/mol. The summed E-state index contributed by atoms with van der Waals surface area (Å²) in [6.07, 6.45) is 16.5. The maximum absolute atomic E-state index is 13.2. The Hall–Kier alpha value is -5.52.